The van der Waals surface area contributed by atoms with E-state index in [2.05, 4.69) is 15.9 Å². The Labute approximate surface area is 126 Å². The molecule has 1 saturated heterocycles. The molecule has 2 N–H and O–H groups in total. The Bertz CT molecular complexity index is 518. The number of halogens is 2. The van der Waals surface area contributed by atoms with Gasteiger partial charge < -0.3 is 10.6 Å². The monoisotopic (exact) mass is 342 g/mol. The molecule has 1 saturated carbocycles. The smallest absolute Gasteiger partial charge is 0.223 e. The van der Waals surface area contributed by atoms with Crippen LogP contribution in [0.25, 0.3) is 0 Å². The van der Waals surface area contributed by atoms with Gasteiger partial charge >= 0.3 is 0 Å². The molecule has 19 heavy (non-hydrogen) atoms. The van der Waals surface area contributed by atoms with Gasteiger partial charge in [-0.25, -0.2) is 0 Å². The van der Waals surface area contributed by atoms with E-state index in [1.807, 2.05) is 23.1 Å². The number of nitrogens with zero attached hydrogens (tertiary/aromatic N) is 1. The van der Waals surface area contributed by atoms with Gasteiger partial charge in [0.05, 0.1) is 6.04 Å². The molecule has 1 aliphatic heterocycles. The van der Waals surface area contributed by atoms with E-state index in [1.165, 1.54) is 0 Å². The quantitative estimate of drug-likeness (QED) is 0.896. The summed E-state index contributed by atoms with van der Waals surface area (Å²) < 4.78 is 0.970. The van der Waals surface area contributed by atoms with E-state index in [9.17, 15) is 4.79 Å². The average Bonchev–Trinajstić information content (AvgIpc) is 3.19. The third-order valence-electron chi connectivity index (χ3n) is 3.90. The van der Waals surface area contributed by atoms with Gasteiger partial charge in [-0.15, -0.1) is 0 Å². The number of nitrogens with two attached hydrogens (primary N) is 1. The van der Waals surface area contributed by atoms with Crippen molar-refractivity contribution in [3.05, 3.63) is 33.3 Å². The van der Waals surface area contributed by atoms with Crippen molar-refractivity contribution in [1.82, 2.24) is 4.90 Å². The highest BCUT2D eigenvalue weighted by atomic mass is 79.9. The van der Waals surface area contributed by atoms with E-state index in [-0.39, 0.29) is 18.0 Å². The molecule has 5 heteroatoms. The molecule has 2 aliphatic rings. The van der Waals surface area contributed by atoms with Crippen molar-refractivity contribution in [1.29, 1.82) is 0 Å². The van der Waals surface area contributed by atoms with Crippen LogP contribution in [0.1, 0.15) is 37.3 Å². The van der Waals surface area contributed by atoms with Crippen LogP contribution in [-0.4, -0.2) is 22.9 Å². The molecule has 1 aliphatic carbocycles. The molecule has 1 heterocycles. The summed E-state index contributed by atoms with van der Waals surface area (Å²) in [5.41, 5.74) is 7.32. The first kappa shape index (κ1) is 13.4. The zero-order valence-electron chi connectivity index (χ0n) is 10.5. The molecule has 0 bridgehead atoms. The number of amides is 1. The van der Waals surface area contributed by atoms with E-state index in [0.29, 0.717) is 17.5 Å². The Morgan fingerprint density at radius 1 is 1.32 bits per heavy atom. The van der Waals surface area contributed by atoms with Gasteiger partial charge in [-0.05, 0) is 43.0 Å². The summed E-state index contributed by atoms with van der Waals surface area (Å²) in [4.78, 5) is 14.2. The van der Waals surface area contributed by atoms with Crippen molar-refractivity contribution in [3.63, 3.8) is 0 Å². The van der Waals surface area contributed by atoms with E-state index < -0.39 is 0 Å². The summed E-state index contributed by atoms with van der Waals surface area (Å²) in [6, 6.07) is 5.98. The Morgan fingerprint density at radius 3 is 2.74 bits per heavy atom. The van der Waals surface area contributed by atoms with Crippen LogP contribution in [0.5, 0.6) is 0 Å². The van der Waals surface area contributed by atoms with E-state index in [0.717, 1.165) is 29.3 Å². The summed E-state index contributed by atoms with van der Waals surface area (Å²) in [5, 5.41) is 0.680. The Morgan fingerprint density at radius 2 is 2.05 bits per heavy atom. The lowest BCUT2D eigenvalue weighted by Crippen LogP contribution is -2.49. The number of rotatable bonds is 2. The van der Waals surface area contributed by atoms with Crippen molar-refractivity contribution < 1.29 is 4.79 Å². The summed E-state index contributed by atoms with van der Waals surface area (Å²) in [5.74, 6) is 0.223. The van der Waals surface area contributed by atoms with Crippen molar-refractivity contribution in [2.75, 3.05) is 0 Å². The third-order valence-corrected chi connectivity index (χ3v) is 4.86. The molecule has 1 amide bonds. The number of hydrogen-bond acceptors (Lipinski definition) is 2. The molecule has 102 valence electrons. The zero-order chi connectivity index (χ0) is 13.6. The van der Waals surface area contributed by atoms with Gasteiger partial charge in [0.2, 0.25) is 5.91 Å². The molecular weight excluding hydrogens is 328 g/mol. The summed E-state index contributed by atoms with van der Waals surface area (Å²) in [6.45, 7) is 0. The number of carbonyl (C=O) groups excluding carboxylic acids is 1. The fourth-order valence-electron chi connectivity index (χ4n) is 2.84. The van der Waals surface area contributed by atoms with Gasteiger partial charge in [-0.2, -0.15) is 0 Å². The van der Waals surface area contributed by atoms with Gasteiger partial charge in [0.25, 0.3) is 0 Å². The van der Waals surface area contributed by atoms with Crippen LogP contribution in [0, 0.1) is 0 Å². The maximum absolute atomic E-state index is 12.2. The van der Waals surface area contributed by atoms with Gasteiger partial charge in [-0.1, -0.05) is 27.5 Å². The molecule has 2 atom stereocenters. The lowest BCUT2D eigenvalue weighted by Gasteiger charge is -2.40. The largest absolute Gasteiger partial charge is 0.331 e. The van der Waals surface area contributed by atoms with Crippen LogP contribution in [0.15, 0.2) is 22.7 Å². The second-order valence-electron chi connectivity index (χ2n) is 5.35. The minimum Gasteiger partial charge on any atom is -0.331 e. The van der Waals surface area contributed by atoms with Gasteiger partial charge in [0, 0.05) is 28.0 Å². The summed E-state index contributed by atoms with van der Waals surface area (Å²) in [7, 11) is 0. The molecule has 0 spiro atoms. The molecule has 3 nitrogen and oxygen atoms in total. The minimum absolute atomic E-state index is 0.0203. The molecule has 1 aromatic carbocycles. The SMILES string of the molecule is NC1CCC(=O)N(C2CC2)C1c1cc(Cl)ccc1Br. The lowest BCUT2D eigenvalue weighted by atomic mass is 9.90. The van der Waals surface area contributed by atoms with E-state index in [4.69, 9.17) is 17.3 Å². The number of hydrogen-bond donors (Lipinski definition) is 1. The predicted octanol–water partition coefficient (Wildman–Crippen LogP) is 3.26. The van der Waals surface area contributed by atoms with E-state index in [1.54, 1.807) is 0 Å². The molecule has 3 rings (SSSR count). The van der Waals surface area contributed by atoms with Crippen molar-refractivity contribution in [3.8, 4) is 0 Å². The first-order chi connectivity index (χ1) is 9.08. The van der Waals surface area contributed by atoms with Crippen LogP contribution < -0.4 is 5.73 Å². The zero-order valence-corrected chi connectivity index (χ0v) is 12.8. The van der Waals surface area contributed by atoms with E-state index >= 15 is 0 Å². The second kappa shape index (κ2) is 5.08. The fraction of sp³-hybridized carbons (Fsp3) is 0.500. The number of likely N-dealkylation sites (tertiary alicyclic amines) is 1. The Kier molecular flexibility index (Phi) is 3.58. The van der Waals surface area contributed by atoms with Crippen LogP contribution in [0.2, 0.25) is 5.02 Å². The maximum atomic E-state index is 12.2. The van der Waals surface area contributed by atoms with Gasteiger partial charge in [0.15, 0.2) is 0 Å². The van der Waals surface area contributed by atoms with Crippen molar-refractivity contribution in [2.45, 2.75) is 43.8 Å². The van der Waals surface area contributed by atoms with Crippen LogP contribution in [0.4, 0.5) is 0 Å². The summed E-state index contributed by atoms with van der Waals surface area (Å²) in [6.07, 6.45) is 3.48. The Balaban J connectivity index is 2.02. The molecule has 1 aromatic rings. The second-order valence-corrected chi connectivity index (χ2v) is 6.64. The molecule has 0 aromatic heterocycles. The number of benzene rings is 1. The van der Waals surface area contributed by atoms with Gasteiger partial charge in [-0.3, -0.25) is 4.79 Å². The van der Waals surface area contributed by atoms with Crippen molar-refractivity contribution >= 4 is 33.4 Å². The number of piperidine rings is 1. The maximum Gasteiger partial charge on any atom is 0.223 e. The van der Waals surface area contributed by atoms with Crippen LogP contribution >= 0.6 is 27.5 Å². The fourth-order valence-corrected chi connectivity index (χ4v) is 3.51. The molecular formula is C14H16BrClN2O. The number of carbonyl (C=O) groups is 1. The molecule has 2 fully saturated rings. The first-order valence-electron chi connectivity index (χ1n) is 6.59. The lowest BCUT2D eigenvalue weighted by molar-refractivity contribution is -0.138. The third kappa shape index (κ3) is 2.54. The topological polar surface area (TPSA) is 46.3 Å². The Hall–Kier alpha value is -0.580. The van der Waals surface area contributed by atoms with Gasteiger partial charge in [0.1, 0.15) is 0 Å². The first-order valence-corrected chi connectivity index (χ1v) is 7.76. The predicted molar refractivity (Wildman–Crippen MR) is 79.0 cm³/mol. The normalized spacial score (nSPS) is 27.7. The molecule has 2 unspecified atom stereocenters. The minimum atomic E-state index is -0.0539. The summed E-state index contributed by atoms with van der Waals surface area (Å²) >= 11 is 9.66. The highest BCUT2D eigenvalue weighted by Crippen LogP contribution is 2.42. The van der Waals surface area contributed by atoms with Crippen LogP contribution in [-0.2, 0) is 4.79 Å². The van der Waals surface area contributed by atoms with Crippen LogP contribution in [0.3, 0.4) is 0 Å². The van der Waals surface area contributed by atoms with Crippen molar-refractivity contribution in [2.24, 2.45) is 5.73 Å². The average molecular weight is 344 g/mol. The standard InChI is InChI=1S/C14H16BrClN2O/c15-11-4-1-8(16)7-10(11)14-12(17)5-6-13(19)18(14)9-2-3-9/h1,4,7,9,12,14H,2-3,5-6,17H2. The highest BCUT2D eigenvalue weighted by Gasteiger charge is 2.43. The highest BCUT2D eigenvalue weighted by molar-refractivity contribution is 9.10. The molecule has 0 radical (unpaired) electrons.